The number of hydrogen-bond donors (Lipinski definition) is 1. The van der Waals surface area contributed by atoms with E-state index in [-0.39, 0.29) is 11.3 Å². The van der Waals surface area contributed by atoms with Crippen molar-refractivity contribution in [1.82, 2.24) is 9.47 Å². The first-order chi connectivity index (χ1) is 13.3. The molecule has 0 radical (unpaired) electrons. The Morgan fingerprint density at radius 2 is 1.68 bits per heavy atom. The summed E-state index contributed by atoms with van der Waals surface area (Å²) in [6, 6.07) is 16.6. The van der Waals surface area contributed by atoms with E-state index in [1.807, 2.05) is 29.2 Å². The van der Waals surface area contributed by atoms with Crippen LogP contribution in [-0.2, 0) is 12.0 Å². The Bertz CT molecular complexity index is 1000. The molecule has 2 N–H and O–H groups in total. The fourth-order valence-electron chi connectivity index (χ4n) is 4.01. The first kappa shape index (κ1) is 18.6. The van der Waals surface area contributed by atoms with Crippen molar-refractivity contribution in [2.45, 2.75) is 45.6 Å². The van der Waals surface area contributed by atoms with E-state index in [2.05, 4.69) is 49.6 Å². The van der Waals surface area contributed by atoms with Crippen LogP contribution >= 0.6 is 0 Å². The number of nitrogen functional groups attached to an aromatic ring is 1. The molecule has 0 aliphatic carbocycles. The summed E-state index contributed by atoms with van der Waals surface area (Å²) >= 11 is 0. The van der Waals surface area contributed by atoms with Crippen molar-refractivity contribution >= 4 is 22.5 Å². The smallest absolute Gasteiger partial charge is 0.270 e. The van der Waals surface area contributed by atoms with Gasteiger partial charge >= 0.3 is 0 Å². The molecule has 4 nitrogen and oxygen atoms in total. The lowest BCUT2D eigenvalue weighted by atomic mass is 9.87. The Morgan fingerprint density at radius 1 is 1.00 bits per heavy atom. The van der Waals surface area contributed by atoms with Crippen LogP contribution in [0.5, 0.6) is 0 Å². The third-order valence-corrected chi connectivity index (χ3v) is 5.70. The molecule has 0 atom stereocenters. The Hall–Kier alpha value is -2.75. The maximum Gasteiger partial charge on any atom is 0.270 e. The maximum atomic E-state index is 13.2. The van der Waals surface area contributed by atoms with Crippen molar-refractivity contribution in [2.75, 3.05) is 18.8 Å². The highest BCUT2D eigenvalue weighted by Crippen LogP contribution is 2.27. The van der Waals surface area contributed by atoms with Crippen LogP contribution in [0, 0.1) is 0 Å². The fraction of sp³-hybridized carbons (Fsp3) is 0.375. The van der Waals surface area contributed by atoms with Crippen LogP contribution < -0.4 is 5.73 Å². The summed E-state index contributed by atoms with van der Waals surface area (Å²) in [5.41, 5.74) is 11.2. The van der Waals surface area contributed by atoms with E-state index < -0.39 is 0 Å². The molecule has 0 unspecified atom stereocenters. The number of hydrogen-bond acceptors (Lipinski definition) is 2. The number of rotatable bonds is 3. The molecule has 2 heterocycles. The number of carbonyl (C=O) groups is 1. The van der Waals surface area contributed by atoms with Gasteiger partial charge in [0, 0.05) is 36.2 Å². The largest absolute Gasteiger partial charge is 0.399 e. The molecule has 1 amide bonds. The van der Waals surface area contributed by atoms with Gasteiger partial charge in [0.15, 0.2) is 0 Å². The SMILES string of the molecule is CC(C)(C)c1ccc(Cn2c(C(=O)N3CCCC3)cc3cc(N)ccc32)cc1. The molecule has 1 fully saturated rings. The zero-order valence-corrected chi connectivity index (χ0v) is 17.0. The molecule has 0 spiro atoms. The molecule has 0 saturated carbocycles. The lowest BCUT2D eigenvalue weighted by Crippen LogP contribution is -2.29. The highest BCUT2D eigenvalue weighted by molar-refractivity contribution is 5.99. The first-order valence-electron chi connectivity index (χ1n) is 10.1. The third kappa shape index (κ3) is 3.51. The third-order valence-electron chi connectivity index (χ3n) is 5.70. The van der Waals surface area contributed by atoms with Gasteiger partial charge in [0.05, 0.1) is 0 Å². The molecule has 146 valence electrons. The van der Waals surface area contributed by atoms with Gasteiger partial charge in [0.1, 0.15) is 5.69 Å². The lowest BCUT2D eigenvalue weighted by Gasteiger charge is -2.20. The summed E-state index contributed by atoms with van der Waals surface area (Å²) in [6.07, 6.45) is 2.18. The maximum absolute atomic E-state index is 13.2. The average Bonchev–Trinajstić information content (AvgIpc) is 3.29. The predicted molar refractivity (Wildman–Crippen MR) is 116 cm³/mol. The molecule has 4 heteroatoms. The van der Waals surface area contributed by atoms with Crippen molar-refractivity contribution < 1.29 is 4.79 Å². The Balaban J connectivity index is 1.74. The van der Waals surface area contributed by atoms with Gasteiger partial charge in [0.2, 0.25) is 0 Å². The number of benzene rings is 2. The fourth-order valence-corrected chi connectivity index (χ4v) is 4.01. The molecular weight excluding hydrogens is 346 g/mol. The average molecular weight is 376 g/mol. The molecule has 3 aromatic rings. The van der Waals surface area contributed by atoms with E-state index in [0.717, 1.165) is 48.2 Å². The standard InChI is InChI=1S/C24H29N3O/c1-24(2,3)19-8-6-17(7-9-19)16-27-21-11-10-20(25)14-18(21)15-22(27)23(28)26-12-4-5-13-26/h6-11,14-15H,4-5,12-13,16,25H2,1-3H3. The van der Waals surface area contributed by atoms with Crippen LogP contribution in [0.25, 0.3) is 10.9 Å². The first-order valence-corrected chi connectivity index (χ1v) is 10.1. The van der Waals surface area contributed by atoms with E-state index in [1.165, 1.54) is 11.1 Å². The summed E-state index contributed by atoms with van der Waals surface area (Å²) in [5, 5.41) is 1.02. The van der Waals surface area contributed by atoms with Crippen molar-refractivity contribution in [3.05, 3.63) is 65.4 Å². The molecule has 0 bridgehead atoms. The van der Waals surface area contributed by atoms with Gasteiger partial charge in [-0.1, -0.05) is 45.0 Å². The van der Waals surface area contributed by atoms with Crippen molar-refractivity contribution in [1.29, 1.82) is 0 Å². The molecule has 2 aromatic carbocycles. The summed E-state index contributed by atoms with van der Waals surface area (Å²) in [6.45, 7) is 9.04. The van der Waals surface area contributed by atoms with Crippen LogP contribution in [0.15, 0.2) is 48.5 Å². The van der Waals surface area contributed by atoms with Crippen LogP contribution in [0.3, 0.4) is 0 Å². The molecule has 1 saturated heterocycles. The van der Waals surface area contributed by atoms with Crippen LogP contribution in [-0.4, -0.2) is 28.5 Å². The molecule has 28 heavy (non-hydrogen) atoms. The topological polar surface area (TPSA) is 51.3 Å². The monoisotopic (exact) mass is 375 g/mol. The number of carbonyl (C=O) groups excluding carboxylic acids is 1. The number of anilines is 1. The molecule has 1 aliphatic rings. The molecular formula is C24H29N3O. The zero-order valence-electron chi connectivity index (χ0n) is 17.0. The van der Waals surface area contributed by atoms with E-state index >= 15 is 0 Å². The lowest BCUT2D eigenvalue weighted by molar-refractivity contribution is 0.0783. The van der Waals surface area contributed by atoms with Gasteiger partial charge in [-0.15, -0.1) is 0 Å². The van der Waals surface area contributed by atoms with Gasteiger partial charge in [-0.2, -0.15) is 0 Å². The number of aromatic nitrogens is 1. The minimum atomic E-state index is 0.124. The van der Waals surface area contributed by atoms with E-state index in [1.54, 1.807) is 0 Å². The summed E-state index contributed by atoms with van der Waals surface area (Å²) < 4.78 is 2.14. The van der Waals surface area contributed by atoms with Crippen molar-refractivity contribution in [3.63, 3.8) is 0 Å². The van der Waals surface area contributed by atoms with E-state index in [4.69, 9.17) is 5.73 Å². The van der Waals surface area contributed by atoms with E-state index in [0.29, 0.717) is 6.54 Å². The zero-order chi connectivity index (χ0) is 19.9. The Morgan fingerprint density at radius 3 is 2.32 bits per heavy atom. The number of amides is 1. The normalized spacial score (nSPS) is 14.8. The van der Waals surface area contributed by atoms with Crippen LogP contribution in [0.2, 0.25) is 0 Å². The summed E-state index contributed by atoms with van der Waals surface area (Å²) in [5.74, 6) is 0.124. The van der Waals surface area contributed by atoms with Crippen LogP contribution in [0.1, 0.15) is 55.2 Å². The highest BCUT2D eigenvalue weighted by atomic mass is 16.2. The summed E-state index contributed by atoms with van der Waals surface area (Å²) in [7, 11) is 0. The molecule has 1 aliphatic heterocycles. The second-order valence-electron chi connectivity index (χ2n) is 8.88. The number of nitrogens with zero attached hydrogens (tertiary/aromatic N) is 2. The summed E-state index contributed by atoms with van der Waals surface area (Å²) in [4.78, 5) is 15.1. The Labute approximate surface area is 166 Å². The number of fused-ring (bicyclic) bond motifs is 1. The minimum absolute atomic E-state index is 0.124. The van der Waals surface area contributed by atoms with Gasteiger partial charge in [0.25, 0.3) is 5.91 Å². The van der Waals surface area contributed by atoms with Gasteiger partial charge in [-0.05, 0) is 53.6 Å². The van der Waals surface area contributed by atoms with Crippen molar-refractivity contribution in [3.8, 4) is 0 Å². The van der Waals surface area contributed by atoms with Crippen molar-refractivity contribution in [2.24, 2.45) is 0 Å². The second kappa shape index (κ2) is 7.01. The quantitative estimate of drug-likeness (QED) is 0.668. The minimum Gasteiger partial charge on any atom is -0.399 e. The van der Waals surface area contributed by atoms with Gasteiger partial charge < -0.3 is 15.2 Å². The second-order valence-corrected chi connectivity index (χ2v) is 8.88. The van der Waals surface area contributed by atoms with Gasteiger partial charge in [-0.25, -0.2) is 0 Å². The van der Waals surface area contributed by atoms with Crippen LogP contribution in [0.4, 0.5) is 5.69 Å². The van der Waals surface area contributed by atoms with Gasteiger partial charge in [-0.3, -0.25) is 4.79 Å². The number of likely N-dealkylation sites (tertiary alicyclic amines) is 1. The Kier molecular flexibility index (Phi) is 4.66. The number of nitrogens with two attached hydrogens (primary N) is 1. The molecule has 1 aromatic heterocycles. The predicted octanol–water partition coefficient (Wildman–Crippen LogP) is 4.81. The van der Waals surface area contributed by atoms with E-state index in [9.17, 15) is 4.79 Å². The molecule has 4 rings (SSSR count). The highest BCUT2D eigenvalue weighted by Gasteiger charge is 2.24.